The Bertz CT molecular complexity index is 444. The first kappa shape index (κ1) is 11.5. The van der Waals surface area contributed by atoms with Gasteiger partial charge in [-0.3, -0.25) is 4.98 Å². The summed E-state index contributed by atoms with van der Waals surface area (Å²) in [7, 11) is 0. The van der Waals surface area contributed by atoms with Crippen LogP contribution in [-0.2, 0) is 0 Å². The molecule has 2 N–H and O–H groups in total. The van der Waals surface area contributed by atoms with Gasteiger partial charge in [0.1, 0.15) is 0 Å². The maximum Gasteiger partial charge on any atom is 0.222 e. The van der Waals surface area contributed by atoms with Crippen molar-refractivity contribution in [3.63, 3.8) is 0 Å². The summed E-state index contributed by atoms with van der Waals surface area (Å²) in [6.45, 7) is 0.837. The molecule has 5 nitrogen and oxygen atoms in total. The Labute approximate surface area is 99.6 Å². The molecule has 0 spiro atoms. The summed E-state index contributed by atoms with van der Waals surface area (Å²) in [6, 6.07) is 3.84. The minimum Gasteiger partial charge on any atom is -0.396 e. The fourth-order valence-electron chi connectivity index (χ4n) is 1.38. The molecule has 2 heterocycles. The van der Waals surface area contributed by atoms with Crippen LogP contribution in [0.15, 0.2) is 36.9 Å². The van der Waals surface area contributed by atoms with Gasteiger partial charge in [-0.2, -0.15) is 0 Å². The van der Waals surface area contributed by atoms with Crippen molar-refractivity contribution in [1.82, 2.24) is 15.0 Å². The molecule has 5 heteroatoms. The molecule has 0 amide bonds. The summed E-state index contributed by atoms with van der Waals surface area (Å²) in [6.07, 6.45) is 7.71. The summed E-state index contributed by atoms with van der Waals surface area (Å²) < 4.78 is 0. The van der Waals surface area contributed by atoms with Crippen LogP contribution in [0, 0.1) is 0 Å². The molecule has 0 aliphatic heterocycles. The molecule has 0 atom stereocenters. The van der Waals surface area contributed by atoms with Gasteiger partial charge >= 0.3 is 0 Å². The fourth-order valence-corrected chi connectivity index (χ4v) is 1.38. The lowest BCUT2D eigenvalue weighted by molar-refractivity contribution is 0.292. The second-order valence-corrected chi connectivity index (χ2v) is 3.54. The van der Waals surface area contributed by atoms with Gasteiger partial charge in [0.25, 0.3) is 0 Å². The van der Waals surface area contributed by atoms with Crippen LogP contribution in [0.25, 0.3) is 11.1 Å². The average Bonchev–Trinajstić information content (AvgIpc) is 2.41. The Balaban J connectivity index is 2.03. The van der Waals surface area contributed by atoms with Crippen LogP contribution in [0.2, 0.25) is 0 Å². The number of hydrogen-bond donors (Lipinski definition) is 2. The largest absolute Gasteiger partial charge is 0.396 e. The third kappa shape index (κ3) is 3.22. The number of aliphatic hydroxyl groups excluding tert-OH is 1. The van der Waals surface area contributed by atoms with Gasteiger partial charge in [0.2, 0.25) is 5.95 Å². The molecule has 2 aromatic rings. The quantitative estimate of drug-likeness (QED) is 0.758. The standard InChI is InChI=1S/C12H14N4O/c17-6-2-5-14-12-15-8-11(9-16-12)10-3-1-4-13-7-10/h1,3-4,7-9,17H,2,5-6H2,(H,14,15,16). The molecule has 0 aliphatic rings. The van der Waals surface area contributed by atoms with Crippen molar-refractivity contribution >= 4 is 5.95 Å². The average molecular weight is 230 g/mol. The zero-order chi connectivity index (χ0) is 11.9. The number of hydrogen-bond acceptors (Lipinski definition) is 5. The maximum absolute atomic E-state index is 8.65. The highest BCUT2D eigenvalue weighted by molar-refractivity contribution is 5.60. The van der Waals surface area contributed by atoms with Gasteiger partial charge in [0.15, 0.2) is 0 Å². The van der Waals surface area contributed by atoms with Crippen molar-refractivity contribution in [2.75, 3.05) is 18.5 Å². The number of nitrogens with zero attached hydrogens (tertiary/aromatic N) is 3. The summed E-state index contributed by atoms with van der Waals surface area (Å²) in [5.41, 5.74) is 1.93. The van der Waals surface area contributed by atoms with Crippen molar-refractivity contribution in [2.24, 2.45) is 0 Å². The molecule has 0 saturated heterocycles. The zero-order valence-electron chi connectivity index (χ0n) is 9.37. The van der Waals surface area contributed by atoms with Gasteiger partial charge in [-0.15, -0.1) is 0 Å². The van der Waals surface area contributed by atoms with Crippen LogP contribution < -0.4 is 5.32 Å². The van der Waals surface area contributed by atoms with E-state index in [2.05, 4.69) is 20.3 Å². The molecular formula is C12H14N4O. The maximum atomic E-state index is 8.65. The van der Waals surface area contributed by atoms with E-state index in [1.807, 2.05) is 12.1 Å². The van der Waals surface area contributed by atoms with E-state index in [0.29, 0.717) is 18.9 Å². The molecule has 0 aliphatic carbocycles. The number of rotatable bonds is 5. The molecule has 0 radical (unpaired) electrons. The lowest BCUT2D eigenvalue weighted by atomic mass is 10.2. The monoisotopic (exact) mass is 230 g/mol. The van der Waals surface area contributed by atoms with Gasteiger partial charge < -0.3 is 10.4 Å². The number of anilines is 1. The molecule has 88 valence electrons. The van der Waals surface area contributed by atoms with E-state index >= 15 is 0 Å². The van der Waals surface area contributed by atoms with Crippen LogP contribution in [0.5, 0.6) is 0 Å². The Morgan fingerprint density at radius 3 is 2.59 bits per heavy atom. The summed E-state index contributed by atoms with van der Waals surface area (Å²) >= 11 is 0. The van der Waals surface area contributed by atoms with E-state index < -0.39 is 0 Å². The molecular weight excluding hydrogens is 216 g/mol. The van der Waals surface area contributed by atoms with Crippen molar-refractivity contribution in [1.29, 1.82) is 0 Å². The first-order valence-electron chi connectivity index (χ1n) is 5.47. The van der Waals surface area contributed by atoms with Crippen LogP contribution in [0.3, 0.4) is 0 Å². The number of aliphatic hydroxyl groups is 1. The topological polar surface area (TPSA) is 70.9 Å². The normalized spacial score (nSPS) is 10.2. The van der Waals surface area contributed by atoms with Gasteiger partial charge in [-0.05, 0) is 12.5 Å². The molecule has 0 unspecified atom stereocenters. The number of nitrogens with one attached hydrogen (secondary N) is 1. The van der Waals surface area contributed by atoms with E-state index in [1.165, 1.54) is 0 Å². The van der Waals surface area contributed by atoms with Crippen LogP contribution in [0.4, 0.5) is 5.95 Å². The Morgan fingerprint density at radius 2 is 1.94 bits per heavy atom. The van der Waals surface area contributed by atoms with Crippen LogP contribution in [0.1, 0.15) is 6.42 Å². The predicted molar refractivity (Wildman–Crippen MR) is 65.5 cm³/mol. The second-order valence-electron chi connectivity index (χ2n) is 3.54. The summed E-state index contributed by atoms with van der Waals surface area (Å²) in [5.74, 6) is 0.575. The lowest BCUT2D eigenvalue weighted by Crippen LogP contribution is -2.06. The van der Waals surface area contributed by atoms with Crippen LogP contribution in [-0.4, -0.2) is 33.2 Å². The van der Waals surface area contributed by atoms with E-state index in [4.69, 9.17) is 5.11 Å². The predicted octanol–water partition coefficient (Wildman–Crippen LogP) is 1.33. The summed E-state index contributed by atoms with van der Waals surface area (Å²) in [5, 5.41) is 11.7. The first-order chi connectivity index (χ1) is 8.40. The van der Waals surface area contributed by atoms with Crippen LogP contribution >= 0.6 is 0 Å². The SMILES string of the molecule is OCCCNc1ncc(-c2cccnc2)cn1. The fraction of sp³-hybridized carbons (Fsp3) is 0.250. The van der Waals surface area contributed by atoms with Crippen molar-refractivity contribution in [3.8, 4) is 11.1 Å². The highest BCUT2D eigenvalue weighted by Gasteiger charge is 1.99. The number of pyridine rings is 1. The third-order valence-electron chi connectivity index (χ3n) is 2.26. The molecule has 2 rings (SSSR count). The number of aromatic nitrogens is 3. The molecule has 0 saturated carbocycles. The van der Waals surface area contributed by atoms with Crippen molar-refractivity contribution in [2.45, 2.75) is 6.42 Å². The Kier molecular flexibility index (Phi) is 3.99. The van der Waals surface area contributed by atoms with Gasteiger partial charge in [0, 0.05) is 49.1 Å². The Hall–Kier alpha value is -2.01. The molecule has 0 bridgehead atoms. The van der Waals surface area contributed by atoms with Crippen molar-refractivity contribution < 1.29 is 5.11 Å². The van der Waals surface area contributed by atoms with Gasteiger partial charge in [-0.25, -0.2) is 9.97 Å². The molecule has 17 heavy (non-hydrogen) atoms. The minimum atomic E-state index is 0.167. The molecule has 2 aromatic heterocycles. The lowest BCUT2D eigenvalue weighted by Gasteiger charge is -2.04. The summed E-state index contributed by atoms with van der Waals surface area (Å²) in [4.78, 5) is 12.4. The van der Waals surface area contributed by atoms with Gasteiger partial charge in [-0.1, -0.05) is 6.07 Å². The molecule has 0 aromatic carbocycles. The smallest absolute Gasteiger partial charge is 0.222 e. The highest BCUT2D eigenvalue weighted by Crippen LogP contribution is 2.15. The second kappa shape index (κ2) is 5.91. The van der Waals surface area contributed by atoms with Gasteiger partial charge in [0.05, 0.1) is 0 Å². The zero-order valence-corrected chi connectivity index (χ0v) is 9.37. The van der Waals surface area contributed by atoms with E-state index in [-0.39, 0.29) is 6.61 Å². The minimum absolute atomic E-state index is 0.167. The molecule has 0 fully saturated rings. The van der Waals surface area contributed by atoms with E-state index in [1.54, 1.807) is 24.8 Å². The first-order valence-corrected chi connectivity index (χ1v) is 5.47. The highest BCUT2D eigenvalue weighted by atomic mass is 16.3. The van der Waals surface area contributed by atoms with Crippen molar-refractivity contribution in [3.05, 3.63) is 36.9 Å². The third-order valence-corrected chi connectivity index (χ3v) is 2.26. The van der Waals surface area contributed by atoms with E-state index in [0.717, 1.165) is 11.1 Å². The Morgan fingerprint density at radius 1 is 1.12 bits per heavy atom. The van der Waals surface area contributed by atoms with E-state index in [9.17, 15) is 0 Å².